The van der Waals surface area contributed by atoms with E-state index >= 15 is 0 Å². The molecule has 0 atom stereocenters. The highest BCUT2D eigenvalue weighted by atomic mass is 32.2. The van der Waals surface area contributed by atoms with Crippen molar-refractivity contribution in [3.8, 4) is 0 Å². The molecule has 0 heterocycles. The van der Waals surface area contributed by atoms with Gasteiger partial charge >= 0.3 is 0 Å². The monoisotopic (exact) mass is 370 g/mol. The molecule has 3 rings (SSSR count). The SMILES string of the molecule is Nc1cc(N)c(Nc2ccc(SO)cc2)cc1Nc1ccc(S)cc1. The van der Waals surface area contributed by atoms with Crippen molar-refractivity contribution >= 4 is 58.8 Å². The number of hydrogen-bond acceptors (Lipinski definition) is 7. The minimum absolute atomic E-state index is 0.550. The largest absolute Gasteiger partial charge is 0.397 e. The van der Waals surface area contributed by atoms with Crippen LogP contribution in [0.15, 0.2) is 70.5 Å². The first-order valence-corrected chi connectivity index (χ1v) is 8.71. The van der Waals surface area contributed by atoms with Crippen LogP contribution in [0.25, 0.3) is 0 Å². The number of nitrogen functional groups attached to an aromatic ring is 2. The summed E-state index contributed by atoms with van der Waals surface area (Å²) in [6.45, 7) is 0. The molecule has 7 heteroatoms. The molecular weight excluding hydrogens is 352 g/mol. The lowest BCUT2D eigenvalue weighted by molar-refractivity contribution is 0.664. The highest BCUT2D eigenvalue weighted by Crippen LogP contribution is 2.33. The topological polar surface area (TPSA) is 96.3 Å². The number of anilines is 6. The molecule has 0 saturated carbocycles. The fourth-order valence-corrected chi connectivity index (χ4v) is 2.71. The number of nitrogens with one attached hydrogen (secondary N) is 2. The fourth-order valence-electron chi connectivity index (χ4n) is 2.31. The van der Waals surface area contributed by atoms with Gasteiger partial charge in [-0.05, 0) is 60.7 Å². The molecule has 128 valence electrons. The summed E-state index contributed by atoms with van der Waals surface area (Å²) in [5.74, 6) is 0. The third-order valence-electron chi connectivity index (χ3n) is 3.61. The fraction of sp³-hybridized carbons (Fsp3) is 0. The third-order valence-corrected chi connectivity index (χ3v) is 4.39. The van der Waals surface area contributed by atoms with Crippen LogP contribution in [0, 0.1) is 0 Å². The molecular formula is C18H18N4OS2. The highest BCUT2D eigenvalue weighted by Gasteiger charge is 2.07. The van der Waals surface area contributed by atoms with Gasteiger partial charge in [0.1, 0.15) is 0 Å². The molecule has 0 aliphatic heterocycles. The normalized spacial score (nSPS) is 10.5. The van der Waals surface area contributed by atoms with Gasteiger partial charge in [-0.1, -0.05) is 0 Å². The average Bonchev–Trinajstić information content (AvgIpc) is 2.61. The van der Waals surface area contributed by atoms with Gasteiger partial charge in [-0.2, -0.15) is 0 Å². The Morgan fingerprint density at radius 2 is 1.24 bits per heavy atom. The van der Waals surface area contributed by atoms with E-state index in [0.29, 0.717) is 23.4 Å². The molecule has 0 bridgehead atoms. The lowest BCUT2D eigenvalue weighted by Crippen LogP contribution is -2.02. The van der Waals surface area contributed by atoms with Gasteiger partial charge in [0.25, 0.3) is 0 Å². The number of hydrogen-bond donors (Lipinski definition) is 6. The Hall–Kier alpha value is -2.48. The van der Waals surface area contributed by atoms with Gasteiger partial charge < -0.3 is 26.7 Å². The van der Waals surface area contributed by atoms with Crippen LogP contribution in [0.2, 0.25) is 0 Å². The Morgan fingerprint density at radius 1 is 0.760 bits per heavy atom. The predicted molar refractivity (Wildman–Crippen MR) is 110 cm³/mol. The Kier molecular flexibility index (Phi) is 5.28. The maximum absolute atomic E-state index is 9.04. The van der Waals surface area contributed by atoms with Gasteiger partial charge in [0.05, 0.1) is 22.7 Å². The van der Waals surface area contributed by atoms with Crippen LogP contribution in [0.4, 0.5) is 34.1 Å². The van der Waals surface area contributed by atoms with Gasteiger partial charge in [-0.15, -0.1) is 12.6 Å². The first-order chi connectivity index (χ1) is 12.0. The van der Waals surface area contributed by atoms with Crippen LogP contribution < -0.4 is 22.1 Å². The smallest absolute Gasteiger partial charge is 0.0640 e. The molecule has 3 aromatic carbocycles. The summed E-state index contributed by atoms with van der Waals surface area (Å²) in [5.41, 5.74) is 16.5. The molecule has 0 spiro atoms. The molecule has 25 heavy (non-hydrogen) atoms. The molecule has 7 N–H and O–H groups in total. The van der Waals surface area contributed by atoms with Crippen molar-refractivity contribution in [1.29, 1.82) is 0 Å². The van der Waals surface area contributed by atoms with Gasteiger partial charge in [-0.25, -0.2) is 0 Å². The second kappa shape index (κ2) is 7.60. The molecule has 0 aliphatic rings. The standard InChI is InChI=1S/C18H18N4OS2/c19-15-9-16(20)18(22-12-3-7-14(25-23)8-4-12)10-17(15)21-11-1-5-13(24)6-2-11/h1-10,21-24H,19-20H2. The maximum Gasteiger partial charge on any atom is 0.0640 e. The van der Waals surface area contributed by atoms with Crippen LogP contribution in [-0.2, 0) is 0 Å². The van der Waals surface area contributed by atoms with E-state index in [1.807, 2.05) is 54.6 Å². The molecule has 3 aromatic rings. The zero-order valence-electron chi connectivity index (χ0n) is 13.2. The average molecular weight is 371 g/mol. The van der Waals surface area contributed by atoms with Gasteiger partial charge in [0.2, 0.25) is 0 Å². The van der Waals surface area contributed by atoms with Crippen molar-refractivity contribution in [2.45, 2.75) is 9.79 Å². The number of thiol groups is 1. The van der Waals surface area contributed by atoms with Crippen LogP contribution >= 0.6 is 24.7 Å². The summed E-state index contributed by atoms with van der Waals surface area (Å²) >= 11 is 4.99. The van der Waals surface area contributed by atoms with Gasteiger partial charge in [0.15, 0.2) is 0 Å². The molecule has 0 aromatic heterocycles. The van der Waals surface area contributed by atoms with E-state index in [4.69, 9.17) is 16.0 Å². The molecule has 0 saturated heterocycles. The summed E-state index contributed by atoms with van der Waals surface area (Å²) in [7, 11) is 0. The maximum atomic E-state index is 9.04. The molecule has 0 fully saturated rings. The molecule has 0 radical (unpaired) electrons. The second-order valence-corrected chi connectivity index (χ2v) is 6.61. The van der Waals surface area contributed by atoms with Crippen LogP contribution in [0.5, 0.6) is 0 Å². The Balaban J connectivity index is 1.85. The summed E-state index contributed by atoms with van der Waals surface area (Å²) in [5, 5.41) is 6.54. The van der Waals surface area contributed by atoms with Crippen LogP contribution in [0.1, 0.15) is 0 Å². The van der Waals surface area contributed by atoms with Crippen LogP contribution in [-0.4, -0.2) is 4.55 Å². The van der Waals surface area contributed by atoms with Crippen molar-refractivity contribution in [2.24, 2.45) is 0 Å². The summed E-state index contributed by atoms with van der Waals surface area (Å²) in [4.78, 5) is 1.66. The molecule has 0 amide bonds. The highest BCUT2D eigenvalue weighted by molar-refractivity contribution is 7.93. The quantitative estimate of drug-likeness (QED) is 0.210. The van der Waals surface area contributed by atoms with E-state index < -0.39 is 0 Å². The first kappa shape index (κ1) is 17.3. The third kappa shape index (κ3) is 4.33. The second-order valence-electron chi connectivity index (χ2n) is 5.44. The Bertz CT molecular complexity index is 867. The predicted octanol–water partition coefficient (Wildman–Crippen LogP) is 5.19. The number of benzene rings is 3. The van der Waals surface area contributed by atoms with Crippen molar-refractivity contribution in [1.82, 2.24) is 0 Å². The zero-order valence-corrected chi connectivity index (χ0v) is 14.9. The van der Waals surface area contributed by atoms with E-state index in [0.717, 1.165) is 32.5 Å². The molecule has 0 unspecified atom stereocenters. The molecule has 0 aliphatic carbocycles. The first-order valence-electron chi connectivity index (χ1n) is 7.49. The van der Waals surface area contributed by atoms with Crippen molar-refractivity contribution in [3.63, 3.8) is 0 Å². The van der Waals surface area contributed by atoms with Crippen LogP contribution in [0.3, 0.4) is 0 Å². The zero-order chi connectivity index (χ0) is 17.8. The molecule has 5 nitrogen and oxygen atoms in total. The van der Waals surface area contributed by atoms with E-state index in [1.165, 1.54) is 0 Å². The van der Waals surface area contributed by atoms with Gasteiger partial charge in [0, 0.05) is 33.2 Å². The van der Waals surface area contributed by atoms with Crippen molar-refractivity contribution in [3.05, 3.63) is 60.7 Å². The number of nitrogens with two attached hydrogens (primary N) is 2. The number of rotatable bonds is 5. The minimum Gasteiger partial charge on any atom is -0.397 e. The summed E-state index contributed by atoms with van der Waals surface area (Å²) in [6.07, 6.45) is 0. The Labute approximate surface area is 156 Å². The van der Waals surface area contributed by atoms with Crippen molar-refractivity contribution < 1.29 is 4.55 Å². The lowest BCUT2D eigenvalue weighted by Gasteiger charge is -2.15. The van der Waals surface area contributed by atoms with E-state index in [2.05, 4.69) is 23.3 Å². The van der Waals surface area contributed by atoms with Gasteiger partial charge in [-0.3, -0.25) is 0 Å². The minimum atomic E-state index is 0.550. The Morgan fingerprint density at radius 3 is 1.72 bits per heavy atom. The van der Waals surface area contributed by atoms with E-state index in [1.54, 1.807) is 6.07 Å². The lowest BCUT2D eigenvalue weighted by atomic mass is 10.2. The van der Waals surface area contributed by atoms with Crippen molar-refractivity contribution in [2.75, 3.05) is 22.1 Å². The summed E-state index contributed by atoms with van der Waals surface area (Å²) in [6, 6.07) is 18.6. The summed E-state index contributed by atoms with van der Waals surface area (Å²) < 4.78 is 9.04. The van der Waals surface area contributed by atoms with E-state index in [-0.39, 0.29) is 0 Å². The van der Waals surface area contributed by atoms with E-state index in [9.17, 15) is 0 Å².